The van der Waals surface area contributed by atoms with Crippen LogP contribution in [-0.2, 0) is 7.05 Å². The largest absolute Gasteiger partial charge is 0.334 e. The van der Waals surface area contributed by atoms with Crippen LogP contribution in [0.25, 0.3) is 0 Å². The summed E-state index contributed by atoms with van der Waals surface area (Å²) in [6, 6.07) is 1.82. The molecule has 70 valence electrons. The summed E-state index contributed by atoms with van der Waals surface area (Å²) in [7, 11) is 5.48. The first-order valence-corrected chi connectivity index (χ1v) is 4.18. The van der Waals surface area contributed by atoms with Crippen molar-refractivity contribution in [1.29, 1.82) is 5.26 Å². The minimum absolute atomic E-state index is 0.347. The van der Waals surface area contributed by atoms with Crippen LogP contribution >= 0.6 is 11.6 Å². The van der Waals surface area contributed by atoms with E-state index in [1.54, 1.807) is 15.8 Å². The summed E-state index contributed by atoms with van der Waals surface area (Å²) in [6.07, 6.45) is 1.60. The van der Waals surface area contributed by atoms with E-state index in [-0.39, 0.29) is 6.04 Å². The zero-order valence-electron chi connectivity index (χ0n) is 7.82. The molecule has 0 radical (unpaired) electrons. The molecule has 0 aliphatic carbocycles. The van der Waals surface area contributed by atoms with Gasteiger partial charge in [0.1, 0.15) is 6.04 Å². The number of hydrogen-bond donors (Lipinski definition) is 0. The first kappa shape index (κ1) is 10.0. The van der Waals surface area contributed by atoms with Crippen LogP contribution in [0.5, 0.6) is 0 Å². The standard InChI is InChI=1S/C8H11ClN4/c1-12(2)6(4-10)7-8(9)11-5-13(7)3/h5-6H,1-3H3. The fourth-order valence-corrected chi connectivity index (χ4v) is 1.42. The Bertz CT molecular complexity index is 317. The van der Waals surface area contributed by atoms with Crippen molar-refractivity contribution < 1.29 is 0 Å². The summed E-state index contributed by atoms with van der Waals surface area (Å²) in [4.78, 5) is 5.71. The van der Waals surface area contributed by atoms with Gasteiger partial charge in [-0.15, -0.1) is 0 Å². The van der Waals surface area contributed by atoms with Gasteiger partial charge in [0, 0.05) is 7.05 Å². The quantitative estimate of drug-likeness (QED) is 0.718. The highest BCUT2D eigenvalue weighted by Crippen LogP contribution is 2.23. The minimum Gasteiger partial charge on any atom is -0.334 e. The molecule has 4 nitrogen and oxygen atoms in total. The predicted molar refractivity (Wildman–Crippen MR) is 50.3 cm³/mol. The van der Waals surface area contributed by atoms with E-state index in [0.717, 1.165) is 5.69 Å². The lowest BCUT2D eigenvalue weighted by atomic mass is 10.2. The molecule has 1 atom stereocenters. The van der Waals surface area contributed by atoms with Crippen molar-refractivity contribution in [2.45, 2.75) is 6.04 Å². The molecule has 0 N–H and O–H groups in total. The summed E-state index contributed by atoms with van der Waals surface area (Å²) in [6.45, 7) is 0. The third-order valence-electron chi connectivity index (χ3n) is 1.83. The van der Waals surface area contributed by atoms with Gasteiger partial charge in [0.25, 0.3) is 0 Å². The van der Waals surface area contributed by atoms with E-state index in [1.807, 2.05) is 21.1 Å². The van der Waals surface area contributed by atoms with Gasteiger partial charge >= 0.3 is 0 Å². The second-order valence-electron chi connectivity index (χ2n) is 3.03. The molecule has 0 aliphatic heterocycles. The Morgan fingerprint density at radius 2 is 2.31 bits per heavy atom. The Morgan fingerprint density at radius 3 is 2.62 bits per heavy atom. The first-order chi connectivity index (χ1) is 6.07. The van der Waals surface area contributed by atoms with E-state index >= 15 is 0 Å². The third-order valence-corrected chi connectivity index (χ3v) is 2.12. The van der Waals surface area contributed by atoms with Gasteiger partial charge in [0.15, 0.2) is 5.15 Å². The van der Waals surface area contributed by atoms with Gasteiger partial charge in [0.2, 0.25) is 0 Å². The highest BCUT2D eigenvalue weighted by atomic mass is 35.5. The van der Waals surface area contributed by atoms with Gasteiger partial charge in [-0.2, -0.15) is 5.26 Å². The Morgan fingerprint density at radius 1 is 1.69 bits per heavy atom. The molecule has 13 heavy (non-hydrogen) atoms. The zero-order valence-corrected chi connectivity index (χ0v) is 8.58. The molecule has 1 aromatic rings. The zero-order chi connectivity index (χ0) is 10.0. The number of rotatable bonds is 2. The van der Waals surface area contributed by atoms with E-state index in [4.69, 9.17) is 16.9 Å². The molecule has 0 aromatic carbocycles. The summed E-state index contributed by atoms with van der Waals surface area (Å²) in [5, 5.41) is 9.32. The molecule has 0 saturated carbocycles. The van der Waals surface area contributed by atoms with Gasteiger partial charge in [-0.05, 0) is 14.1 Å². The molecule has 0 saturated heterocycles. The van der Waals surface area contributed by atoms with Crippen LogP contribution in [0.3, 0.4) is 0 Å². The SMILES string of the molecule is CN(C)C(C#N)c1c(Cl)ncn1C. The van der Waals surface area contributed by atoms with E-state index in [1.165, 1.54) is 0 Å². The normalized spacial score (nSPS) is 12.9. The lowest BCUT2D eigenvalue weighted by Crippen LogP contribution is -2.20. The number of hydrogen-bond acceptors (Lipinski definition) is 3. The fourth-order valence-electron chi connectivity index (χ4n) is 1.14. The van der Waals surface area contributed by atoms with Crippen LogP contribution in [-0.4, -0.2) is 28.5 Å². The highest BCUT2D eigenvalue weighted by molar-refractivity contribution is 6.30. The van der Waals surface area contributed by atoms with Crippen molar-refractivity contribution in [3.63, 3.8) is 0 Å². The Balaban J connectivity index is 3.12. The summed E-state index contributed by atoms with van der Waals surface area (Å²) in [5.41, 5.74) is 0.731. The van der Waals surface area contributed by atoms with E-state index in [9.17, 15) is 0 Å². The van der Waals surface area contributed by atoms with Gasteiger partial charge in [0.05, 0.1) is 18.1 Å². The van der Waals surface area contributed by atoms with E-state index in [2.05, 4.69) is 11.1 Å². The average Bonchev–Trinajstić information content (AvgIpc) is 2.36. The molecule has 0 spiro atoms. The van der Waals surface area contributed by atoms with Crippen LogP contribution in [0, 0.1) is 11.3 Å². The number of aromatic nitrogens is 2. The summed E-state index contributed by atoms with van der Waals surface area (Å²) < 4.78 is 1.76. The Labute approximate surface area is 82.4 Å². The second-order valence-corrected chi connectivity index (χ2v) is 3.38. The summed E-state index contributed by atoms with van der Waals surface area (Å²) in [5.74, 6) is 0. The minimum atomic E-state index is -0.347. The van der Waals surface area contributed by atoms with Crippen molar-refractivity contribution in [3.05, 3.63) is 17.2 Å². The Kier molecular flexibility index (Phi) is 2.91. The van der Waals surface area contributed by atoms with Crippen LogP contribution < -0.4 is 0 Å². The van der Waals surface area contributed by atoms with Crippen molar-refractivity contribution in [3.8, 4) is 6.07 Å². The smallest absolute Gasteiger partial charge is 0.152 e. The Hall–Kier alpha value is -1.05. The maximum Gasteiger partial charge on any atom is 0.152 e. The van der Waals surface area contributed by atoms with Gasteiger partial charge < -0.3 is 4.57 Å². The lowest BCUT2D eigenvalue weighted by Gasteiger charge is -2.17. The number of imidazole rings is 1. The average molecular weight is 199 g/mol. The third kappa shape index (κ3) is 1.82. The first-order valence-electron chi connectivity index (χ1n) is 3.80. The van der Waals surface area contributed by atoms with Crippen LogP contribution in [0.4, 0.5) is 0 Å². The van der Waals surface area contributed by atoms with Crippen LogP contribution in [0.1, 0.15) is 11.7 Å². The van der Waals surface area contributed by atoms with Crippen molar-refractivity contribution in [1.82, 2.24) is 14.5 Å². The fraction of sp³-hybridized carbons (Fsp3) is 0.500. The molecule has 0 bridgehead atoms. The summed E-state index contributed by atoms with van der Waals surface area (Å²) >= 11 is 5.85. The molecule has 1 aromatic heterocycles. The highest BCUT2D eigenvalue weighted by Gasteiger charge is 2.20. The lowest BCUT2D eigenvalue weighted by molar-refractivity contribution is 0.347. The number of nitrogens with zero attached hydrogens (tertiary/aromatic N) is 4. The second kappa shape index (κ2) is 3.77. The molecule has 0 amide bonds. The molecule has 5 heteroatoms. The molecule has 0 aliphatic rings. The maximum atomic E-state index is 8.93. The number of nitriles is 1. The van der Waals surface area contributed by atoms with Gasteiger partial charge in [-0.1, -0.05) is 11.6 Å². The van der Waals surface area contributed by atoms with Crippen molar-refractivity contribution in [2.75, 3.05) is 14.1 Å². The molecule has 1 heterocycles. The molecular weight excluding hydrogens is 188 g/mol. The molecular formula is C8H11ClN4. The maximum absolute atomic E-state index is 8.93. The van der Waals surface area contributed by atoms with E-state index in [0.29, 0.717) is 5.15 Å². The number of halogens is 1. The van der Waals surface area contributed by atoms with Crippen molar-refractivity contribution >= 4 is 11.6 Å². The van der Waals surface area contributed by atoms with E-state index < -0.39 is 0 Å². The molecule has 1 unspecified atom stereocenters. The molecule has 1 rings (SSSR count). The van der Waals surface area contributed by atoms with Gasteiger partial charge in [-0.3, -0.25) is 4.90 Å². The van der Waals surface area contributed by atoms with Crippen LogP contribution in [0.2, 0.25) is 5.15 Å². The molecule has 0 fully saturated rings. The predicted octanol–water partition coefficient (Wildman–Crippen LogP) is 1.20. The topological polar surface area (TPSA) is 44.9 Å². The number of aryl methyl sites for hydroxylation is 1. The van der Waals surface area contributed by atoms with Crippen molar-refractivity contribution in [2.24, 2.45) is 7.05 Å². The monoisotopic (exact) mass is 198 g/mol. The van der Waals surface area contributed by atoms with Crippen LogP contribution in [0.15, 0.2) is 6.33 Å². The van der Waals surface area contributed by atoms with Gasteiger partial charge in [-0.25, -0.2) is 4.98 Å².